The fraction of sp³-hybridized carbons (Fsp3) is 0.368. The SMILES string of the molecule is OC1(Cc2nc(-c3ccc4nc(-c5cscn5)[nH]c4c3)no2)CCCCC1. The van der Waals surface area contributed by atoms with Crippen molar-refractivity contribution in [3.05, 3.63) is 35.0 Å². The molecule has 0 radical (unpaired) electrons. The zero-order valence-corrected chi connectivity index (χ0v) is 15.5. The Balaban J connectivity index is 1.41. The van der Waals surface area contributed by atoms with Crippen LogP contribution in [0.25, 0.3) is 33.9 Å². The topological polar surface area (TPSA) is 101 Å². The number of aromatic amines is 1. The molecule has 0 amide bonds. The zero-order valence-electron chi connectivity index (χ0n) is 14.7. The van der Waals surface area contributed by atoms with E-state index in [2.05, 4.69) is 25.1 Å². The van der Waals surface area contributed by atoms with Gasteiger partial charge in [-0.05, 0) is 31.0 Å². The normalized spacial score (nSPS) is 16.8. The van der Waals surface area contributed by atoms with Gasteiger partial charge in [0.25, 0.3) is 0 Å². The predicted molar refractivity (Wildman–Crippen MR) is 102 cm³/mol. The molecule has 0 spiro atoms. The molecular weight excluding hydrogens is 362 g/mol. The maximum absolute atomic E-state index is 10.7. The van der Waals surface area contributed by atoms with Gasteiger partial charge in [0.15, 0.2) is 5.82 Å². The average molecular weight is 381 g/mol. The first-order valence-corrected chi connectivity index (χ1v) is 10.1. The van der Waals surface area contributed by atoms with Crippen LogP contribution in [0.2, 0.25) is 0 Å². The lowest BCUT2D eigenvalue weighted by molar-refractivity contribution is -0.00181. The van der Waals surface area contributed by atoms with Crippen LogP contribution < -0.4 is 0 Å². The van der Waals surface area contributed by atoms with E-state index >= 15 is 0 Å². The van der Waals surface area contributed by atoms with Gasteiger partial charge in [0, 0.05) is 10.9 Å². The minimum atomic E-state index is -0.710. The summed E-state index contributed by atoms with van der Waals surface area (Å²) in [6.07, 6.45) is 5.30. The number of imidazole rings is 1. The van der Waals surface area contributed by atoms with E-state index in [0.717, 1.165) is 53.8 Å². The van der Waals surface area contributed by atoms with Crippen LogP contribution in [0.5, 0.6) is 0 Å². The molecule has 7 nitrogen and oxygen atoms in total. The summed E-state index contributed by atoms with van der Waals surface area (Å²) in [6, 6.07) is 5.82. The highest BCUT2D eigenvalue weighted by atomic mass is 32.1. The van der Waals surface area contributed by atoms with E-state index in [1.54, 1.807) is 5.51 Å². The molecule has 138 valence electrons. The number of aliphatic hydroxyl groups is 1. The monoisotopic (exact) mass is 381 g/mol. The molecule has 27 heavy (non-hydrogen) atoms. The van der Waals surface area contributed by atoms with E-state index in [0.29, 0.717) is 18.1 Å². The molecule has 0 aliphatic heterocycles. The van der Waals surface area contributed by atoms with Gasteiger partial charge in [0.2, 0.25) is 11.7 Å². The maximum atomic E-state index is 10.7. The number of fused-ring (bicyclic) bond motifs is 1. The number of nitrogens with zero attached hydrogens (tertiary/aromatic N) is 4. The van der Waals surface area contributed by atoms with Crippen molar-refractivity contribution in [3.63, 3.8) is 0 Å². The highest BCUT2D eigenvalue weighted by molar-refractivity contribution is 7.07. The van der Waals surface area contributed by atoms with Crippen LogP contribution in [0, 0.1) is 0 Å². The summed E-state index contributed by atoms with van der Waals surface area (Å²) in [5, 5.41) is 16.8. The number of hydrogen-bond donors (Lipinski definition) is 2. The second kappa shape index (κ2) is 6.54. The van der Waals surface area contributed by atoms with Crippen LogP contribution in [0.4, 0.5) is 0 Å². The first kappa shape index (κ1) is 16.6. The van der Waals surface area contributed by atoms with Gasteiger partial charge >= 0.3 is 0 Å². The molecule has 0 bridgehead atoms. The van der Waals surface area contributed by atoms with E-state index in [4.69, 9.17) is 4.52 Å². The Hall–Kier alpha value is -2.58. The second-order valence-corrected chi connectivity index (χ2v) is 7.88. The van der Waals surface area contributed by atoms with Gasteiger partial charge in [-0.2, -0.15) is 4.98 Å². The fourth-order valence-corrected chi connectivity index (χ4v) is 4.25. The predicted octanol–water partition coefficient (Wildman–Crippen LogP) is 3.97. The second-order valence-electron chi connectivity index (χ2n) is 7.16. The molecule has 1 fully saturated rings. The van der Waals surface area contributed by atoms with E-state index in [9.17, 15) is 5.11 Å². The number of H-pyrrole nitrogens is 1. The lowest BCUT2D eigenvalue weighted by Gasteiger charge is -2.30. The summed E-state index contributed by atoms with van der Waals surface area (Å²) < 4.78 is 5.41. The van der Waals surface area contributed by atoms with Gasteiger partial charge < -0.3 is 14.6 Å². The summed E-state index contributed by atoms with van der Waals surface area (Å²) in [4.78, 5) is 16.7. The Bertz CT molecular complexity index is 1060. The molecular formula is C19H19N5O2S. The van der Waals surface area contributed by atoms with Crippen molar-refractivity contribution in [2.24, 2.45) is 0 Å². The minimum absolute atomic E-state index is 0.417. The van der Waals surface area contributed by atoms with Crippen molar-refractivity contribution in [2.75, 3.05) is 0 Å². The fourth-order valence-electron chi connectivity index (χ4n) is 3.71. The van der Waals surface area contributed by atoms with Gasteiger partial charge in [0.1, 0.15) is 5.69 Å². The Morgan fingerprint density at radius 1 is 1.19 bits per heavy atom. The largest absolute Gasteiger partial charge is 0.389 e. The van der Waals surface area contributed by atoms with Crippen molar-refractivity contribution < 1.29 is 9.63 Å². The lowest BCUT2D eigenvalue weighted by Crippen LogP contribution is -2.33. The molecule has 3 heterocycles. The molecule has 0 atom stereocenters. The molecule has 1 aliphatic carbocycles. The highest BCUT2D eigenvalue weighted by Crippen LogP contribution is 2.31. The van der Waals surface area contributed by atoms with Crippen molar-refractivity contribution in [2.45, 2.75) is 44.1 Å². The van der Waals surface area contributed by atoms with Gasteiger partial charge in [-0.1, -0.05) is 24.4 Å². The van der Waals surface area contributed by atoms with Crippen molar-refractivity contribution in [3.8, 4) is 22.9 Å². The molecule has 0 unspecified atom stereocenters. The Morgan fingerprint density at radius 3 is 2.89 bits per heavy atom. The Labute approximate surface area is 159 Å². The number of thiazole rings is 1. The molecule has 0 saturated heterocycles. The molecule has 1 aromatic carbocycles. The third kappa shape index (κ3) is 3.26. The lowest BCUT2D eigenvalue weighted by atomic mass is 9.82. The van der Waals surface area contributed by atoms with E-state index < -0.39 is 5.60 Å². The molecule has 5 rings (SSSR count). The first-order chi connectivity index (χ1) is 13.2. The number of hydrogen-bond acceptors (Lipinski definition) is 7. The standard InChI is InChI=1S/C19H19N5O2S/c25-19(6-2-1-3-7-19)9-16-23-17(24-26-16)12-4-5-13-14(8-12)22-18(21-13)15-10-27-11-20-15/h4-5,8,10-11,25H,1-3,6-7,9H2,(H,21,22). The Morgan fingerprint density at radius 2 is 2.07 bits per heavy atom. The summed E-state index contributed by atoms with van der Waals surface area (Å²) in [5.74, 6) is 1.76. The van der Waals surface area contributed by atoms with E-state index in [1.807, 2.05) is 23.6 Å². The molecule has 2 N–H and O–H groups in total. The molecule has 1 aliphatic rings. The number of nitrogens with one attached hydrogen (secondary N) is 1. The van der Waals surface area contributed by atoms with Crippen molar-refractivity contribution in [1.82, 2.24) is 25.1 Å². The molecule has 4 aromatic rings. The maximum Gasteiger partial charge on any atom is 0.229 e. The molecule has 3 aromatic heterocycles. The quantitative estimate of drug-likeness (QED) is 0.555. The van der Waals surface area contributed by atoms with Crippen LogP contribution in [0.1, 0.15) is 38.0 Å². The van der Waals surface area contributed by atoms with Crippen LogP contribution in [0.15, 0.2) is 33.6 Å². The Kier molecular flexibility index (Phi) is 4.02. The van der Waals surface area contributed by atoms with Gasteiger partial charge in [-0.15, -0.1) is 11.3 Å². The van der Waals surface area contributed by atoms with E-state index in [-0.39, 0.29) is 0 Å². The minimum Gasteiger partial charge on any atom is -0.389 e. The van der Waals surface area contributed by atoms with Crippen molar-refractivity contribution in [1.29, 1.82) is 0 Å². The molecule has 1 saturated carbocycles. The van der Waals surface area contributed by atoms with Crippen LogP contribution >= 0.6 is 11.3 Å². The van der Waals surface area contributed by atoms with Gasteiger partial charge in [-0.3, -0.25) is 0 Å². The zero-order chi connectivity index (χ0) is 18.3. The number of rotatable bonds is 4. The molecule has 8 heteroatoms. The third-order valence-corrected chi connectivity index (χ3v) is 5.73. The summed E-state index contributed by atoms with van der Waals surface area (Å²) in [5.41, 5.74) is 4.52. The van der Waals surface area contributed by atoms with Gasteiger partial charge in [-0.25, -0.2) is 9.97 Å². The smallest absolute Gasteiger partial charge is 0.229 e. The first-order valence-electron chi connectivity index (χ1n) is 9.12. The van der Waals surface area contributed by atoms with E-state index in [1.165, 1.54) is 17.8 Å². The van der Waals surface area contributed by atoms with Crippen LogP contribution in [-0.2, 0) is 6.42 Å². The highest BCUT2D eigenvalue weighted by Gasteiger charge is 2.31. The summed E-state index contributed by atoms with van der Waals surface area (Å²) in [6.45, 7) is 0. The third-order valence-electron chi connectivity index (χ3n) is 5.15. The summed E-state index contributed by atoms with van der Waals surface area (Å²) in [7, 11) is 0. The van der Waals surface area contributed by atoms with Crippen molar-refractivity contribution >= 4 is 22.4 Å². The number of benzene rings is 1. The summed E-state index contributed by atoms with van der Waals surface area (Å²) >= 11 is 1.54. The van der Waals surface area contributed by atoms with Gasteiger partial charge in [0.05, 0.1) is 28.6 Å². The van der Waals surface area contributed by atoms with Crippen LogP contribution in [0.3, 0.4) is 0 Å². The number of aromatic nitrogens is 5. The average Bonchev–Trinajstić information content (AvgIpc) is 3.41. The van der Waals surface area contributed by atoms with Crippen LogP contribution in [-0.4, -0.2) is 35.8 Å².